The van der Waals surface area contributed by atoms with Crippen LogP contribution in [0.15, 0.2) is 0 Å². The van der Waals surface area contributed by atoms with Crippen LogP contribution in [-0.2, 0) is 18.9 Å². The van der Waals surface area contributed by atoms with Gasteiger partial charge in [0.05, 0.1) is 12.7 Å². The molecule has 0 radical (unpaired) electrons. The smallest absolute Gasteiger partial charge is 0.146 e. The Balaban J connectivity index is 3.55. The fourth-order valence-electron chi connectivity index (χ4n) is 0.811. The standard InChI is InChI=1S/C9H21O4P/c1-9(2)14(7-12-5-10-3)8-13-6-11-4/h9H,5-8H2,1-4H3. The van der Waals surface area contributed by atoms with Gasteiger partial charge in [0, 0.05) is 14.2 Å². The molecule has 0 aromatic heterocycles. The molecular formula is C9H21O4P. The molecule has 0 fully saturated rings. The van der Waals surface area contributed by atoms with Crippen molar-refractivity contribution in [3.05, 3.63) is 0 Å². The Morgan fingerprint density at radius 3 is 1.64 bits per heavy atom. The van der Waals surface area contributed by atoms with Gasteiger partial charge in [-0.1, -0.05) is 13.8 Å². The van der Waals surface area contributed by atoms with E-state index in [9.17, 15) is 0 Å². The molecule has 0 saturated heterocycles. The largest absolute Gasteiger partial charge is 0.359 e. The molecule has 0 heterocycles. The highest BCUT2D eigenvalue weighted by Gasteiger charge is 2.12. The molecule has 0 rings (SSSR count). The third-order valence-corrected chi connectivity index (χ3v) is 4.14. The number of ether oxygens (including phenoxy) is 4. The Kier molecular flexibility index (Phi) is 10.0. The van der Waals surface area contributed by atoms with Crippen LogP contribution < -0.4 is 0 Å². The van der Waals surface area contributed by atoms with Crippen molar-refractivity contribution in [2.45, 2.75) is 19.5 Å². The number of hydrogen-bond acceptors (Lipinski definition) is 4. The Morgan fingerprint density at radius 1 is 0.929 bits per heavy atom. The maximum Gasteiger partial charge on any atom is 0.146 e. The van der Waals surface area contributed by atoms with Crippen LogP contribution in [0.2, 0.25) is 0 Å². The molecule has 86 valence electrons. The van der Waals surface area contributed by atoms with Crippen LogP contribution in [0.4, 0.5) is 0 Å². The molecule has 0 aliphatic carbocycles. The second kappa shape index (κ2) is 9.81. The highest BCUT2D eigenvalue weighted by atomic mass is 31.1. The fourth-order valence-corrected chi connectivity index (χ4v) is 2.10. The van der Waals surface area contributed by atoms with Gasteiger partial charge < -0.3 is 18.9 Å². The van der Waals surface area contributed by atoms with E-state index < -0.39 is 0 Å². The maximum absolute atomic E-state index is 5.32. The maximum atomic E-state index is 5.32. The van der Waals surface area contributed by atoms with Crippen LogP contribution >= 0.6 is 7.92 Å². The molecule has 0 aliphatic heterocycles. The van der Waals surface area contributed by atoms with Crippen LogP contribution in [0.5, 0.6) is 0 Å². The van der Waals surface area contributed by atoms with E-state index in [1.165, 1.54) is 0 Å². The first-order valence-electron chi connectivity index (χ1n) is 4.59. The van der Waals surface area contributed by atoms with Crippen molar-refractivity contribution < 1.29 is 18.9 Å². The molecule has 5 heteroatoms. The molecule has 0 saturated carbocycles. The van der Waals surface area contributed by atoms with E-state index in [2.05, 4.69) is 13.8 Å². The van der Waals surface area contributed by atoms with Gasteiger partial charge in [-0.3, -0.25) is 0 Å². The number of rotatable bonds is 9. The molecule has 0 N–H and O–H groups in total. The first-order chi connectivity index (χ1) is 6.72. The molecule has 0 aliphatic rings. The van der Waals surface area contributed by atoms with Gasteiger partial charge in [-0.25, -0.2) is 0 Å². The van der Waals surface area contributed by atoms with Gasteiger partial charge in [0.1, 0.15) is 13.6 Å². The Morgan fingerprint density at radius 2 is 1.36 bits per heavy atom. The molecule has 0 bridgehead atoms. The summed E-state index contributed by atoms with van der Waals surface area (Å²) in [7, 11) is 3.00. The zero-order chi connectivity index (χ0) is 10.8. The summed E-state index contributed by atoms with van der Waals surface area (Å²) in [4.78, 5) is 0. The molecule has 0 spiro atoms. The second-order valence-corrected chi connectivity index (χ2v) is 5.89. The van der Waals surface area contributed by atoms with Gasteiger partial charge in [-0.15, -0.1) is 0 Å². The lowest BCUT2D eigenvalue weighted by Gasteiger charge is -2.20. The van der Waals surface area contributed by atoms with Gasteiger partial charge in [0.2, 0.25) is 0 Å². The highest BCUT2D eigenvalue weighted by molar-refractivity contribution is 7.57. The summed E-state index contributed by atoms with van der Waals surface area (Å²) in [5, 5.41) is 0. The number of methoxy groups -OCH3 is 2. The summed E-state index contributed by atoms with van der Waals surface area (Å²) >= 11 is 0. The van der Waals surface area contributed by atoms with Crippen molar-refractivity contribution >= 4 is 7.92 Å². The molecule has 0 atom stereocenters. The third-order valence-electron chi connectivity index (χ3n) is 1.65. The van der Waals surface area contributed by atoms with Crippen molar-refractivity contribution in [2.24, 2.45) is 0 Å². The van der Waals surface area contributed by atoms with Gasteiger partial charge in [-0.05, 0) is 13.6 Å². The minimum absolute atomic E-state index is 0.247. The first-order valence-corrected chi connectivity index (χ1v) is 6.38. The lowest BCUT2D eigenvalue weighted by Crippen LogP contribution is -2.08. The normalized spacial score (nSPS) is 11.6. The molecule has 14 heavy (non-hydrogen) atoms. The first kappa shape index (κ1) is 14.3. The van der Waals surface area contributed by atoms with E-state index in [0.29, 0.717) is 19.2 Å². The zero-order valence-electron chi connectivity index (χ0n) is 9.49. The fraction of sp³-hybridized carbons (Fsp3) is 1.00. The lowest BCUT2D eigenvalue weighted by atomic mass is 10.6. The molecular weight excluding hydrogens is 203 g/mol. The predicted octanol–water partition coefficient (Wildman–Crippen LogP) is 2.03. The van der Waals surface area contributed by atoms with Crippen molar-refractivity contribution in [3.8, 4) is 0 Å². The summed E-state index contributed by atoms with van der Waals surface area (Å²) in [5.41, 5.74) is 0.596. The van der Waals surface area contributed by atoms with Crippen molar-refractivity contribution in [3.63, 3.8) is 0 Å². The summed E-state index contributed by atoms with van der Waals surface area (Å²) in [6.45, 7) is 5.07. The van der Waals surface area contributed by atoms with E-state index in [1.54, 1.807) is 14.2 Å². The average molecular weight is 224 g/mol. The van der Waals surface area contributed by atoms with E-state index in [0.717, 1.165) is 12.7 Å². The van der Waals surface area contributed by atoms with E-state index >= 15 is 0 Å². The lowest BCUT2D eigenvalue weighted by molar-refractivity contribution is -0.0194. The Bertz CT molecular complexity index is 111. The number of hydrogen-bond donors (Lipinski definition) is 0. The summed E-state index contributed by atoms with van der Waals surface area (Å²) in [5.74, 6) is 0. The SMILES string of the molecule is COCOCP(COCOC)C(C)C. The van der Waals surface area contributed by atoms with Crippen LogP contribution in [0.25, 0.3) is 0 Å². The van der Waals surface area contributed by atoms with Gasteiger partial charge >= 0.3 is 0 Å². The average Bonchev–Trinajstić information content (AvgIpc) is 2.15. The quantitative estimate of drug-likeness (QED) is 0.341. The zero-order valence-corrected chi connectivity index (χ0v) is 10.4. The molecule has 0 amide bonds. The van der Waals surface area contributed by atoms with Crippen LogP contribution in [0.3, 0.4) is 0 Å². The van der Waals surface area contributed by atoms with Crippen LogP contribution in [-0.4, -0.2) is 46.2 Å². The van der Waals surface area contributed by atoms with Crippen molar-refractivity contribution in [2.75, 3.05) is 40.5 Å². The topological polar surface area (TPSA) is 36.9 Å². The third kappa shape index (κ3) is 7.65. The van der Waals surface area contributed by atoms with E-state index in [1.807, 2.05) is 0 Å². The predicted molar refractivity (Wildman–Crippen MR) is 57.7 cm³/mol. The van der Waals surface area contributed by atoms with Crippen LogP contribution in [0, 0.1) is 0 Å². The summed E-state index contributed by atoms with van der Waals surface area (Å²) in [6, 6.07) is 0. The van der Waals surface area contributed by atoms with Gasteiger partial charge in [0.25, 0.3) is 0 Å². The molecule has 0 unspecified atom stereocenters. The van der Waals surface area contributed by atoms with E-state index in [-0.39, 0.29) is 7.92 Å². The Hall–Kier alpha value is 0.270. The Labute approximate surface area is 87.6 Å². The van der Waals surface area contributed by atoms with Crippen molar-refractivity contribution in [1.29, 1.82) is 0 Å². The second-order valence-electron chi connectivity index (χ2n) is 3.16. The van der Waals surface area contributed by atoms with Gasteiger partial charge in [-0.2, -0.15) is 0 Å². The monoisotopic (exact) mass is 224 g/mol. The van der Waals surface area contributed by atoms with Crippen LogP contribution in [0.1, 0.15) is 13.8 Å². The van der Waals surface area contributed by atoms with Gasteiger partial charge in [0.15, 0.2) is 0 Å². The highest BCUT2D eigenvalue weighted by Crippen LogP contribution is 2.40. The minimum Gasteiger partial charge on any atom is -0.359 e. The van der Waals surface area contributed by atoms with E-state index in [4.69, 9.17) is 18.9 Å². The summed E-state index contributed by atoms with van der Waals surface area (Å²) in [6.07, 6.45) is 1.45. The molecule has 0 aromatic rings. The van der Waals surface area contributed by atoms with Crippen molar-refractivity contribution in [1.82, 2.24) is 0 Å². The molecule has 4 nitrogen and oxygen atoms in total. The molecule has 0 aromatic carbocycles. The minimum atomic E-state index is -0.247. The summed E-state index contributed by atoms with van der Waals surface area (Å²) < 4.78 is 20.3.